The molecule has 0 amide bonds. The van der Waals surface area contributed by atoms with Crippen LogP contribution in [0.3, 0.4) is 0 Å². The van der Waals surface area contributed by atoms with Crippen LogP contribution < -0.4 is 5.32 Å². The molecule has 1 atom stereocenters. The minimum Gasteiger partial charge on any atom is -0.311 e. The highest BCUT2D eigenvalue weighted by atomic mass is 32.2. The number of aryl methyl sites for hydroxylation is 2. The van der Waals surface area contributed by atoms with Crippen molar-refractivity contribution in [3.8, 4) is 0 Å². The van der Waals surface area contributed by atoms with Crippen LogP contribution in [0, 0.1) is 5.92 Å². The quantitative estimate of drug-likeness (QED) is 0.791. The van der Waals surface area contributed by atoms with Crippen molar-refractivity contribution in [3.05, 3.63) is 29.3 Å². The molecule has 0 spiro atoms. The van der Waals surface area contributed by atoms with E-state index in [9.17, 15) is 0 Å². The normalized spacial score (nSPS) is 16.5. The van der Waals surface area contributed by atoms with Crippen LogP contribution in [0.4, 0.5) is 0 Å². The smallest absolute Gasteiger partial charge is 0.0242 e. The number of benzene rings is 1. The van der Waals surface area contributed by atoms with E-state index in [0.717, 1.165) is 6.54 Å². The Morgan fingerprint density at radius 3 is 2.50 bits per heavy atom. The zero-order chi connectivity index (χ0) is 14.8. The van der Waals surface area contributed by atoms with Gasteiger partial charge in [0.1, 0.15) is 0 Å². The lowest BCUT2D eigenvalue weighted by molar-refractivity contribution is 0.408. The fourth-order valence-electron chi connectivity index (χ4n) is 2.62. The summed E-state index contributed by atoms with van der Waals surface area (Å²) in [5.41, 5.74) is 3.36. The lowest BCUT2D eigenvalue weighted by Gasteiger charge is -2.27. The summed E-state index contributed by atoms with van der Waals surface area (Å²) in [5.74, 6) is 0.683. The number of rotatable bonds is 5. The maximum atomic E-state index is 3.66. The van der Waals surface area contributed by atoms with Gasteiger partial charge in [-0.1, -0.05) is 19.9 Å². The van der Waals surface area contributed by atoms with Gasteiger partial charge in [0.15, 0.2) is 0 Å². The van der Waals surface area contributed by atoms with Gasteiger partial charge in [0, 0.05) is 22.2 Å². The summed E-state index contributed by atoms with van der Waals surface area (Å²) in [6.07, 6.45) is 3.89. The van der Waals surface area contributed by atoms with Crippen LogP contribution in [0.5, 0.6) is 0 Å². The Bertz CT molecular complexity index is 445. The first kappa shape index (κ1) is 15.9. The number of nitrogens with one attached hydrogen (secondary N) is 1. The van der Waals surface area contributed by atoms with Gasteiger partial charge in [0.05, 0.1) is 0 Å². The van der Waals surface area contributed by atoms with E-state index >= 15 is 0 Å². The summed E-state index contributed by atoms with van der Waals surface area (Å²) < 4.78 is 0. The van der Waals surface area contributed by atoms with Gasteiger partial charge in [-0.2, -0.15) is 0 Å². The molecule has 0 aromatic heterocycles. The standard InChI is InChI=1S/C18H29NS/c1-13(2)17(12-19-18(3,4)5)20-16-10-9-14-7-6-8-15(14)11-16/h9-11,13,17,19H,6-8,12H2,1-5H3. The molecular weight excluding hydrogens is 262 g/mol. The highest BCUT2D eigenvalue weighted by Crippen LogP contribution is 2.32. The Hall–Kier alpha value is -0.470. The zero-order valence-corrected chi connectivity index (χ0v) is 14.4. The monoisotopic (exact) mass is 291 g/mol. The van der Waals surface area contributed by atoms with E-state index in [1.807, 2.05) is 11.8 Å². The molecule has 0 saturated heterocycles. The van der Waals surface area contributed by atoms with E-state index < -0.39 is 0 Å². The van der Waals surface area contributed by atoms with Crippen LogP contribution in [-0.2, 0) is 12.8 Å². The Kier molecular flexibility index (Phi) is 5.19. The van der Waals surface area contributed by atoms with Crippen LogP contribution in [0.25, 0.3) is 0 Å². The first-order valence-electron chi connectivity index (χ1n) is 7.88. The largest absolute Gasteiger partial charge is 0.311 e. The third-order valence-corrected chi connectivity index (χ3v) is 5.47. The molecule has 1 nitrogen and oxygen atoms in total. The second kappa shape index (κ2) is 6.53. The first-order valence-corrected chi connectivity index (χ1v) is 8.76. The summed E-state index contributed by atoms with van der Waals surface area (Å²) in [6.45, 7) is 12.5. The van der Waals surface area contributed by atoms with Gasteiger partial charge >= 0.3 is 0 Å². The van der Waals surface area contributed by atoms with Gasteiger partial charge < -0.3 is 5.32 Å². The number of hydrogen-bond acceptors (Lipinski definition) is 2. The van der Waals surface area contributed by atoms with Gasteiger partial charge in [-0.15, -0.1) is 11.8 Å². The second-order valence-corrected chi connectivity index (χ2v) is 8.63. The van der Waals surface area contributed by atoms with Gasteiger partial charge in [0.25, 0.3) is 0 Å². The molecule has 20 heavy (non-hydrogen) atoms. The van der Waals surface area contributed by atoms with Crippen molar-refractivity contribution >= 4 is 11.8 Å². The Morgan fingerprint density at radius 1 is 1.15 bits per heavy atom. The molecule has 1 aliphatic rings. The van der Waals surface area contributed by atoms with Gasteiger partial charge in [0.2, 0.25) is 0 Å². The third-order valence-electron chi connectivity index (χ3n) is 3.93. The average Bonchev–Trinajstić information content (AvgIpc) is 2.80. The van der Waals surface area contributed by atoms with Crippen molar-refractivity contribution in [2.45, 2.75) is 69.6 Å². The number of fused-ring (bicyclic) bond motifs is 1. The predicted molar refractivity (Wildman–Crippen MR) is 90.7 cm³/mol. The minimum absolute atomic E-state index is 0.200. The van der Waals surface area contributed by atoms with Gasteiger partial charge in [-0.3, -0.25) is 0 Å². The molecule has 0 aliphatic heterocycles. The molecule has 1 aromatic carbocycles. The molecule has 1 unspecified atom stereocenters. The van der Waals surface area contributed by atoms with Crippen molar-refractivity contribution in [1.82, 2.24) is 5.32 Å². The van der Waals surface area contributed by atoms with Crippen LogP contribution in [-0.4, -0.2) is 17.3 Å². The molecule has 0 radical (unpaired) electrons. The number of thioether (sulfide) groups is 1. The van der Waals surface area contributed by atoms with E-state index in [0.29, 0.717) is 11.2 Å². The molecule has 1 aliphatic carbocycles. The topological polar surface area (TPSA) is 12.0 Å². The van der Waals surface area contributed by atoms with E-state index in [4.69, 9.17) is 0 Å². The molecule has 2 heteroatoms. The predicted octanol–water partition coefficient (Wildman–Crippen LogP) is 4.68. The zero-order valence-electron chi connectivity index (χ0n) is 13.6. The van der Waals surface area contributed by atoms with Crippen molar-refractivity contribution in [2.24, 2.45) is 5.92 Å². The molecule has 1 aromatic rings. The van der Waals surface area contributed by atoms with E-state index in [1.54, 1.807) is 11.1 Å². The van der Waals surface area contributed by atoms with Gasteiger partial charge in [-0.05, 0) is 69.2 Å². The molecule has 112 valence electrons. The Labute approximate surface area is 128 Å². The van der Waals surface area contributed by atoms with Crippen molar-refractivity contribution in [3.63, 3.8) is 0 Å². The molecular formula is C18H29NS. The summed E-state index contributed by atoms with van der Waals surface area (Å²) >= 11 is 2.04. The molecule has 0 heterocycles. The first-order chi connectivity index (χ1) is 9.35. The summed E-state index contributed by atoms with van der Waals surface area (Å²) in [7, 11) is 0. The minimum atomic E-state index is 0.200. The maximum Gasteiger partial charge on any atom is 0.0242 e. The van der Waals surface area contributed by atoms with Crippen molar-refractivity contribution < 1.29 is 0 Å². The lowest BCUT2D eigenvalue weighted by atomic mass is 10.1. The van der Waals surface area contributed by atoms with Crippen LogP contribution in [0.2, 0.25) is 0 Å². The van der Waals surface area contributed by atoms with E-state index in [-0.39, 0.29) is 5.54 Å². The van der Waals surface area contributed by atoms with Crippen LogP contribution >= 0.6 is 11.8 Å². The molecule has 2 rings (SSSR count). The third kappa shape index (κ3) is 4.53. The second-order valence-electron chi connectivity index (χ2n) is 7.32. The average molecular weight is 292 g/mol. The lowest BCUT2D eigenvalue weighted by Crippen LogP contribution is -2.41. The van der Waals surface area contributed by atoms with Gasteiger partial charge in [-0.25, -0.2) is 0 Å². The Morgan fingerprint density at radius 2 is 1.85 bits per heavy atom. The maximum absolute atomic E-state index is 3.66. The Balaban J connectivity index is 2.01. The highest BCUT2D eigenvalue weighted by molar-refractivity contribution is 8.00. The summed E-state index contributed by atoms with van der Waals surface area (Å²) in [4.78, 5) is 1.44. The fourth-order valence-corrected chi connectivity index (χ4v) is 3.76. The van der Waals surface area contributed by atoms with E-state index in [1.165, 1.54) is 24.2 Å². The summed E-state index contributed by atoms with van der Waals surface area (Å²) in [6, 6.07) is 7.10. The molecule has 0 saturated carbocycles. The summed E-state index contributed by atoms with van der Waals surface area (Å²) in [5, 5.41) is 4.29. The van der Waals surface area contributed by atoms with Crippen molar-refractivity contribution in [2.75, 3.05) is 6.54 Å². The molecule has 1 N–H and O–H groups in total. The molecule has 0 bridgehead atoms. The molecule has 0 fully saturated rings. The highest BCUT2D eigenvalue weighted by Gasteiger charge is 2.19. The number of hydrogen-bond donors (Lipinski definition) is 1. The van der Waals surface area contributed by atoms with Crippen molar-refractivity contribution in [1.29, 1.82) is 0 Å². The SMILES string of the molecule is CC(C)C(CNC(C)(C)C)Sc1ccc2c(c1)CCC2. The van der Waals surface area contributed by atoms with E-state index in [2.05, 4.69) is 58.1 Å². The van der Waals surface area contributed by atoms with Crippen LogP contribution in [0.1, 0.15) is 52.2 Å². The van der Waals surface area contributed by atoms with Crippen LogP contribution in [0.15, 0.2) is 23.1 Å². The fraction of sp³-hybridized carbons (Fsp3) is 0.667.